The van der Waals surface area contributed by atoms with E-state index in [9.17, 15) is 4.79 Å². The SMILES string of the molecule is O=C(O)N[C@@H]1CCN(C2CCOc3cc(Br)cc(Cl)c32)C1. The summed E-state index contributed by atoms with van der Waals surface area (Å²) in [6.45, 7) is 2.22. The van der Waals surface area contributed by atoms with Gasteiger partial charge in [0.1, 0.15) is 5.75 Å². The lowest BCUT2D eigenvalue weighted by atomic mass is 9.99. The summed E-state index contributed by atoms with van der Waals surface area (Å²) in [7, 11) is 0. The number of hydrogen-bond donors (Lipinski definition) is 2. The second kappa shape index (κ2) is 6.02. The number of amides is 1. The molecule has 1 fully saturated rings. The van der Waals surface area contributed by atoms with E-state index in [1.165, 1.54) is 0 Å². The van der Waals surface area contributed by atoms with Gasteiger partial charge in [-0.25, -0.2) is 4.79 Å². The van der Waals surface area contributed by atoms with E-state index in [1.54, 1.807) is 0 Å². The molecule has 0 saturated carbocycles. The largest absolute Gasteiger partial charge is 0.493 e. The Morgan fingerprint density at radius 3 is 3.05 bits per heavy atom. The molecular weight excluding hydrogens is 360 g/mol. The van der Waals surface area contributed by atoms with E-state index in [-0.39, 0.29) is 12.1 Å². The van der Waals surface area contributed by atoms with Crippen molar-refractivity contribution >= 4 is 33.6 Å². The summed E-state index contributed by atoms with van der Waals surface area (Å²) in [4.78, 5) is 13.0. The van der Waals surface area contributed by atoms with Crippen LogP contribution in [0.5, 0.6) is 5.75 Å². The number of rotatable bonds is 2. The first kappa shape index (κ1) is 14.9. The predicted molar refractivity (Wildman–Crippen MR) is 83.1 cm³/mol. The second-order valence-corrected chi connectivity index (χ2v) is 6.71. The quantitative estimate of drug-likeness (QED) is 0.833. The van der Waals surface area contributed by atoms with Crippen LogP contribution in [-0.2, 0) is 0 Å². The standard InChI is InChI=1S/C14H16BrClN2O3/c15-8-5-10(16)13-11(2-4-21-12(13)6-8)18-3-1-9(7-18)17-14(19)20/h5-6,9,11,17H,1-4,7H2,(H,19,20)/t9-,11?/m1/s1. The fraction of sp³-hybridized carbons (Fsp3) is 0.500. The number of benzene rings is 1. The lowest BCUT2D eigenvalue weighted by Crippen LogP contribution is -2.38. The Kier molecular flexibility index (Phi) is 4.28. The molecule has 3 rings (SSSR count). The van der Waals surface area contributed by atoms with E-state index in [2.05, 4.69) is 26.1 Å². The highest BCUT2D eigenvalue weighted by molar-refractivity contribution is 9.10. The van der Waals surface area contributed by atoms with E-state index >= 15 is 0 Å². The lowest BCUT2D eigenvalue weighted by Gasteiger charge is -2.34. The van der Waals surface area contributed by atoms with Crippen molar-refractivity contribution in [2.24, 2.45) is 0 Å². The Hall–Kier alpha value is -0.980. The van der Waals surface area contributed by atoms with Gasteiger partial charge in [-0.15, -0.1) is 0 Å². The van der Waals surface area contributed by atoms with Gasteiger partial charge in [-0.05, 0) is 18.6 Å². The number of nitrogens with one attached hydrogen (secondary N) is 1. The molecule has 7 heteroatoms. The predicted octanol–water partition coefficient (Wildman–Crippen LogP) is 3.27. The summed E-state index contributed by atoms with van der Waals surface area (Å²) in [6, 6.07) is 4.00. The molecule has 1 saturated heterocycles. The molecule has 0 radical (unpaired) electrons. The average molecular weight is 376 g/mol. The van der Waals surface area contributed by atoms with E-state index < -0.39 is 6.09 Å². The molecule has 0 aromatic heterocycles. The number of likely N-dealkylation sites (tertiary alicyclic amines) is 1. The molecule has 5 nitrogen and oxygen atoms in total. The summed E-state index contributed by atoms with van der Waals surface area (Å²) < 4.78 is 6.62. The van der Waals surface area contributed by atoms with Gasteiger partial charge in [0.2, 0.25) is 0 Å². The zero-order valence-electron chi connectivity index (χ0n) is 11.3. The minimum atomic E-state index is -0.962. The first-order valence-corrected chi connectivity index (χ1v) is 8.07. The molecule has 0 aliphatic carbocycles. The van der Waals surface area contributed by atoms with Crippen LogP contribution in [0.3, 0.4) is 0 Å². The third-order valence-electron chi connectivity index (χ3n) is 4.03. The van der Waals surface area contributed by atoms with Crippen LogP contribution in [-0.4, -0.2) is 41.8 Å². The molecule has 0 spiro atoms. The van der Waals surface area contributed by atoms with Gasteiger partial charge in [-0.3, -0.25) is 4.90 Å². The first-order chi connectivity index (χ1) is 10.0. The molecule has 1 aromatic carbocycles. The summed E-state index contributed by atoms with van der Waals surface area (Å²) in [6.07, 6.45) is 0.734. The van der Waals surface area contributed by atoms with E-state index in [0.717, 1.165) is 35.2 Å². The van der Waals surface area contributed by atoms with Gasteiger partial charge in [-0.2, -0.15) is 0 Å². The third-order valence-corrected chi connectivity index (χ3v) is 4.80. The van der Waals surface area contributed by atoms with Crippen LogP contribution in [0.25, 0.3) is 0 Å². The normalized spacial score (nSPS) is 25.2. The maximum absolute atomic E-state index is 10.8. The monoisotopic (exact) mass is 374 g/mol. The van der Waals surface area contributed by atoms with Crippen LogP contribution in [0.2, 0.25) is 5.02 Å². The van der Waals surface area contributed by atoms with Gasteiger partial charge in [0, 0.05) is 41.6 Å². The number of hydrogen-bond acceptors (Lipinski definition) is 3. The topological polar surface area (TPSA) is 61.8 Å². The maximum Gasteiger partial charge on any atom is 0.404 e. The van der Waals surface area contributed by atoms with Crippen LogP contribution in [0, 0.1) is 0 Å². The minimum Gasteiger partial charge on any atom is -0.493 e. The highest BCUT2D eigenvalue weighted by Gasteiger charge is 2.34. The molecule has 2 heterocycles. The Morgan fingerprint density at radius 2 is 2.29 bits per heavy atom. The highest BCUT2D eigenvalue weighted by atomic mass is 79.9. The number of ether oxygens (including phenoxy) is 1. The van der Waals surface area contributed by atoms with Gasteiger partial charge in [0.25, 0.3) is 0 Å². The van der Waals surface area contributed by atoms with Crippen molar-refractivity contribution < 1.29 is 14.6 Å². The number of carboxylic acid groups (broad SMARTS) is 1. The van der Waals surface area contributed by atoms with Crippen LogP contribution in [0.1, 0.15) is 24.4 Å². The van der Waals surface area contributed by atoms with Crippen molar-refractivity contribution in [1.29, 1.82) is 0 Å². The molecule has 1 unspecified atom stereocenters. The molecule has 2 atom stereocenters. The van der Waals surface area contributed by atoms with Crippen molar-refractivity contribution in [3.05, 3.63) is 27.2 Å². The second-order valence-electron chi connectivity index (χ2n) is 5.38. The number of carbonyl (C=O) groups is 1. The molecule has 2 aliphatic heterocycles. The van der Waals surface area contributed by atoms with E-state index in [1.807, 2.05) is 12.1 Å². The summed E-state index contributed by atoms with van der Waals surface area (Å²) >= 11 is 9.82. The minimum absolute atomic E-state index is 0.0111. The average Bonchev–Trinajstić information content (AvgIpc) is 2.85. The first-order valence-electron chi connectivity index (χ1n) is 6.90. The molecule has 1 aromatic rings. The Bertz CT molecular complexity index is 569. The van der Waals surface area contributed by atoms with Crippen LogP contribution < -0.4 is 10.1 Å². The smallest absolute Gasteiger partial charge is 0.404 e. The fourth-order valence-corrected chi connectivity index (χ4v) is 4.06. The molecule has 0 bridgehead atoms. The van der Waals surface area contributed by atoms with Gasteiger partial charge in [0.15, 0.2) is 0 Å². The molecular formula is C14H16BrClN2O3. The van der Waals surface area contributed by atoms with E-state index in [4.69, 9.17) is 21.4 Å². The van der Waals surface area contributed by atoms with Crippen LogP contribution in [0.4, 0.5) is 4.79 Å². The molecule has 2 aliphatic rings. The van der Waals surface area contributed by atoms with Crippen molar-refractivity contribution in [3.63, 3.8) is 0 Å². The molecule has 21 heavy (non-hydrogen) atoms. The zero-order chi connectivity index (χ0) is 15.0. The molecule has 1 amide bonds. The third kappa shape index (κ3) is 3.12. The van der Waals surface area contributed by atoms with E-state index in [0.29, 0.717) is 18.2 Å². The number of fused-ring (bicyclic) bond motifs is 1. The van der Waals surface area contributed by atoms with Crippen molar-refractivity contribution in [3.8, 4) is 5.75 Å². The lowest BCUT2D eigenvalue weighted by molar-refractivity contribution is 0.160. The Balaban J connectivity index is 1.81. The highest BCUT2D eigenvalue weighted by Crippen LogP contribution is 2.43. The summed E-state index contributed by atoms with van der Waals surface area (Å²) in [5.41, 5.74) is 1.02. The van der Waals surface area contributed by atoms with Gasteiger partial charge < -0.3 is 15.2 Å². The van der Waals surface area contributed by atoms with Gasteiger partial charge >= 0.3 is 6.09 Å². The maximum atomic E-state index is 10.8. The zero-order valence-corrected chi connectivity index (χ0v) is 13.7. The van der Waals surface area contributed by atoms with Crippen molar-refractivity contribution in [1.82, 2.24) is 10.2 Å². The summed E-state index contributed by atoms with van der Waals surface area (Å²) in [5, 5.41) is 12.1. The van der Waals surface area contributed by atoms with Gasteiger partial charge in [-0.1, -0.05) is 27.5 Å². The number of halogens is 2. The van der Waals surface area contributed by atoms with Gasteiger partial charge in [0.05, 0.1) is 11.6 Å². The van der Waals surface area contributed by atoms with Crippen LogP contribution >= 0.6 is 27.5 Å². The molecule has 114 valence electrons. The Morgan fingerprint density at radius 1 is 1.48 bits per heavy atom. The number of nitrogens with zero attached hydrogens (tertiary/aromatic N) is 1. The van der Waals surface area contributed by atoms with Crippen molar-refractivity contribution in [2.45, 2.75) is 24.9 Å². The fourth-order valence-electron chi connectivity index (χ4n) is 3.16. The van der Waals surface area contributed by atoms with Crippen LogP contribution in [0.15, 0.2) is 16.6 Å². The Labute approximate surface area is 136 Å². The summed E-state index contributed by atoms with van der Waals surface area (Å²) in [5.74, 6) is 0.820. The molecule has 2 N–H and O–H groups in total. The van der Waals surface area contributed by atoms with Crippen molar-refractivity contribution in [2.75, 3.05) is 19.7 Å².